The predicted molar refractivity (Wildman–Crippen MR) is 114 cm³/mol. The van der Waals surface area contributed by atoms with Crippen molar-refractivity contribution in [1.82, 2.24) is 20.1 Å². The number of nitrogens with zero attached hydrogens (tertiary/aromatic N) is 4. The summed E-state index contributed by atoms with van der Waals surface area (Å²) >= 11 is 0. The Morgan fingerprint density at radius 2 is 1.93 bits per heavy atom. The summed E-state index contributed by atoms with van der Waals surface area (Å²) in [6, 6.07) is 15.6. The normalized spacial score (nSPS) is 18.2. The van der Waals surface area contributed by atoms with Crippen molar-refractivity contribution in [2.45, 2.75) is 38.8 Å². The molecule has 1 aromatic carbocycles. The number of rotatable bonds is 5. The van der Waals surface area contributed by atoms with Gasteiger partial charge in [0, 0.05) is 38.1 Å². The molecule has 0 spiro atoms. The minimum Gasteiger partial charge on any atom is -0.367 e. The van der Waals surface area contributed by atoms with Gasteiger partial charge in [0.15, 0.2) is 0 Å². The average molecular weight is 376 g/mol. The Labute approximate surface area is 167 Å². The monoisotopic (exact) mass is 375 g/mol. The van der Waals surface area contributed by atoms with Gasteiger partial charge in [-0.25, -0.2) is 0 Å². The molecular weight excluding hydrogens is 346 g/mol. The number of pyridine rings is 1. The van der Waals surface area contributed by atoms with E-state index in [0.717, 1.165) is 24.5 Å². The molecule has 146 valence electrons. The predicted octanol–water partition coefficient (Wildman–Crippen LogP) is 3.78. The fourth-order valence-electron chi connectivity index (χ4n) is 3.99. The lowest BCUT2D eigenvalue weighted by atomic mass is 9.98. The Morgan fingerprint density at radius 3 is 2.64 bits per heavy atom. The highest BCUT2D eigenvalue weighted by Crippen LogP contribution is 2.25. The number of anilines is 1. The summed E-state index contributed by atoms with van der Waals surface area (Å²) in [5.41, 5.74) is 5.89. The van der Waals surface area contributed by atoms with Gasteiger partial charge in [-0.05, 0) is 44.4 Å². The van der Waals surface area contributed by atoms with Gasteiger partial charge >= 0.3 is 0 Å². The average Bonchev–Trinajstić information content (AvgIpc) is 3.14. The molecule has 1 aliphatic heterocycles. The SMILES string of the molecule is Cc1ccc(C(NC2CCCN(c3cnn(C)c3)C2)c2cccc(C)n2)cc1. The highest BCUT2D eigenvalue weighted by Gasteiger charge is 2.25. The van der Waals surface area contributed by atoms with E-state index in [1.165, 1.54) is 29.7 Å². The van der Waals surface area contributed by atoms with Gasteiger partial charge in [0.25, 0.3) is 0 Å². The van der Waals surface area contributed by atoms with E-state index in [2.05, 4.69) is 77.8 Å². The molecule has 1 fully saturated rings. The second-order valence-corrected chi connectivity index (χ2v) is 7.87. The van der Waals surface area contributed by atoms with Crippen LogP contribution in [0.5, 0.6) is 0 Å². The molecule has 28 heavy (non-hydrogen) atoms. The van der Waals surface area contributed by atoms with Gasteiger partial charge < -0.3 is 10.2 Å². The Kier molecular flexibility index (Phi) is 5.44. The molecular formula is C23H29N5. The lowest BCUT2D eigenvalue weighted by Crippen LogP contribution is -2.47. The Bertz CT molecular complexity index is 915. The number of piperidine rings is 1. The van der Waals surface area contributed by atoms with E-state index in [0.29, 0.717) is 6.04 Å². The quantitative estimate of drug-likeness (QED) is 0.737. The molecule has 5 nitrogen and oxygen atoms in total. The molecule has 5 heteroatoms. The van der Waals surface area contributed by atoms with Gasteiger partial charge in [-0.15, -0.1) is 0 Å². The molecule has 0 aliphatic carbocycles. The zero-order valence-electron chi connectivity index (χ0n) is 17.0. The smallest absolute Gasteiger partial charge is 0.0754 e. The Hall–Kier alpha value is -2.66. The van der Waals surface area contributed by atoms with E-state index in [4.69, 9.17) is 4.98 Å². The van der Waals surface area contributed by atoms with Crippen LogP contribution in [0.2, 0.25) is 0 Å². The van der Waals surface area contributed by atoms with Crippen LogP contribution in [0.4, 0.5) is 5.69 Å². The molecule has 1 saturated heterocycles. The van der Waals surface area contributed by atoms with Crippen molar-refractivity contribution in [2.75, 3.05) is 18.0 Å². The second kappa shape index (κ2) is 8.15. The summed E-state index contributed by atoms with van der Waals surface area (Å²) in [7, 11) is 1.97. The summed E-state index contributed by atoms with van der Waals surface area (Å²) in [5, 5.41) is 8.25. The minimum atomic E-state index is 0.0966. The van der Waals surface area contributed by atoms with Gasteiger partial charge in [-0.3, -0.25) is 9.67 Å². The van der Waals surface area contributed by atoms with E-state index < -0.39 is 0 Å². The molecule has 1 N–H and O–H groups in total. The standard InChI is InChI=1S/C23H29N5/c1-17-9-11-19(12-10-17)23(22-8-4-6-18(2)25-22)26-20-7-5-13-28(15-20)21-14-24-27(3)16-21/h4,6,8-12,14,16,20,23,26H,5,7,13,15H2,1-3H3. The fraction of sp³-hybridized carbons (Fsp3) is 0.391. The van der Waals surface area contributed by atoms with Crippen molar-refractivity contribution in [2.24, 2.45) is 7.05 Å². The van der Waals surface area contributed by atoms with Gasteiger partial charge in [0.05, 0.1) is 23.6 Å². The molecule has 1 aliphatic rings. The van der Waals surface area contributed by atoms with Gasteiger partial charge in [0.1, 0.15) is 0 Å². The molecule has 3 heterocycles. The molecule has 2 atom stereocenters. The van der Waals surface area contributed by atoms with Crippen LogP contribution in [0.25, 0.3) is 0 Å². The van der Waals surface area contributed by atoms with Crippen LogP contribution in [0.15, 0.2) is 54.9 Å². The van der Waals surface area contributed by atoms with Gasteiger partial charge in [-0.1, -0.05) is 35.9 Å². The summed E-state index contributed by atoms with van der Waals surface area (Å²) in [4.78, 5) is 7.26. The number of aromatic nitrogens is 3. The highest BCUT2D eigenvalue weighted by molar-refractivity contribution is 5.43. The number of hydrogen-bond acceptors (Lipinski definition) is 4. The maximum absolute atomic E-state index is 4.83. The van der Waals surface area contributed by atoms with E-state index >= 15 is 0 Å². The number of nitrogens with one attached hydrogen (secondary N) is 1. The van der Waals surface area contributed by atoms with Gasteiger partial charge in [0.2, 0.25) is 0 Å². The molecule has 0 radical (unpaired) electrons. The zero-order chi connectivity index (χ0) is 19.5. The largest absolute Gasteiger partial charge is 0.367 e. The van der Waals surface area contributed by atoms with E-state index in [1.807, 2.05) is 17.9 Å². The van der Waals surface area contributed by atoms with Crippen LogP contribution in [0.3, 0.4) is 0 Å². The molecule has 3 aromatic rings. The van der Waals surface area contributed by atoms with E-state index in [-0.39, 0.29) is 6.04 Å². The highest BCUT2D eigenvalue weighted by atomic mass is 15.3. The van der Waals surface area contributed by atoms with Crippen LogP contribution < -0.4 is 10.2 Å². The van der Waals surface area contributed by atoms with Crippen molar-refractivity contribution in [3.63, 3.8) is 0 Å². The molecule has 2 unspecified atom stereocenters. The van der Waals surface area contributed by atoms with Crippen molar-refractivity contribution in [3.8, 4) is 0 Å². The zero-order valence-corrected chi connectivity index (χ0v) is 17.0. The third-order valence-electron chi connectivity index (χ3n) is 5.50. The first kappa shape index (κ1) is 18.7. The molecule has 2 aromatic heterocycles. The first-order valence-corrected chi connectivity index (χ1v) is 10.1. The van der Waals surface area contributed by atoms with Gasteiger partial charge in [-0.2, -0.15) is 5.10 Å². The topological polar surface area (TPSA) is 46.0 Å². The minimum absolute atomic E-state index is 0.0966. The molecule has 0 amide bonds. The lowest BCUT2D eigenvalue weighted by Gasteiger charge is -2.36. The number of aryl methyl sites for hydroxylation is 3. The fourth-order valence-corrected chi connectivity index (χ4v) is 3.99. The molecule has 0 bridgehead atoms. The van der Waals surface area contributed by atoms with E-state index in [1.54, 1.807) is 0 Å². The number of benzene rings is 1. The first-order valence-electron chi connectivity index (χ1n) is 10.1. The summed E-state index contributed by atoms with van der Waals surface area (Å²) in [6.07, 6.45) is 6.41. The second-order valence-electron chi connectivity index (χ2n) is 7.87. The van der Waals surface area contributed by atoms with Crippen molar-refractivity contribution in [3.05, 3.63) is 77.4 Å². The maximum Gasteiger partial charge on any atom is 0.0754 e. The van der Waals surface area contributed by atoms with Crippen LogP contribution in [-0.2, 0) is 7.05 Å². The van der Waals surface area contributed by atoms with Crippen molar-refractivity contribution >= 4 is 5.69 Å². The molecule has 0 saturated carbocycles. The van der Waals surface area contributed by atoms with Crippen LogP contribution >= 0.6 is 0 Å². The van der Waals surface area contributed by atoms with E-state index in [9.17, 15) is 0 Å². The third kappa shape index (κ3) is 4.25. The summed E-state index contributed by atoms with van der Waals surface area (Å²) < 4.78 is 1.87. The Morgan fingerprint density at radius 1 is 1.11 bits per heavy atom. The van der Waals surface area contributed by atoms with Crippen LogP contribution in [0, 0.1) is 13.8 Å². The molecule has 4 rings (SSSR count). The van der Waals surface area contributed by atoms with Crippen LogP contribution in [0.1, 0.15) is 41.4 Å². The third-order valence-corrected chi connectivity index (χ3v) is 5.50. The summed E-state index contributed by atoms with van der Waals surface area (Å²) in [5.74, 6) is 0. The lowest BCUT2D eigenvalue weighted by molar-refractivity contribution is 0.395. The first-order chi connectivity index (χ1) is 13.6. The maximum atomic E-state index is 4.83. The summed E-state index contributed by atoms with van der Waals surface area (Å²) in [6.45, 7) is 6.26. The van der Waals surface area contributed by atoms with Crippen molar-refractivity contribution < 1.29 is 0 Å². The van der Waals surface area contributed by atoms with Crippen LogP contribution in [-0.4, -0.2) is 33.9 Å². The Balaban J connectivity index is 1.57. The van der Waals surface area contributed by atoms with Crippen molar-refractivity contribution in [1.29, 1.82) is 0 Å². The number of hydrogen-bond donors (Lipinski definition) is 1.